The molecule has 0 radical (unpaired) electrons. The second kappa shape index (κ2) is 6.93. The molecule has 0 aliphatic heterocycles. The van der Waals surface area contributed by atoms with Crippen LogP contribution in [-0.2, 0) is 4.79 Å². The van der Waals surface area contributed by atoms with Crippen LogP contribution in [0.25, 0.3) is 0 Å². The van der Waals surface area contributed by atoms with E-state index in [-0.39, 0.29) is 5.91 Å². The molecule has 0 bridgehead atoms. The molecule has 2 rings (SSSR count). The summed E-state index contributed by atoms with van der Waals surface area (Å²) in [6.45, 7) is 1.91. The lowest BCUT2D eigenvalue weighted by molar-refractivity contribution is -0.124. The number of carbonyl (C=O) groups is 1. The minimum absolute atomic E-state index is 0.259. The number of carbonyl (C=O) groups excluding carboxylic acids is 1. The first-order valence-electron chi connectivity index (χ1n) is 7.12. The third-order valence-electron chi connectivity index (χ3n) is 3.47. The minimum Gasteiger partial charge on any atom is -0.368 e. The fraction of sp³-hybridized carbons (Fsp3) is 0.769. The number of primary amides is 1. The van der Waals surface area contributed by atoms with Gasteiger partial charge in [0.15, 0.2) is 4.34 Å². The Morgan fingerprint density at radius 2 is 2.24 bits per heavy atom. The van der Waals surface area contributed by atoms with E-state index in [1.54, 1.807) is 23.1 Å². The Balaban J connectivity index is 1.75. The molecule has 8 heteroatoms. The number of anilines is 1. The van der Waals surface area contributed by atoms with Gasteiger partial charge in [-0.2, -0.15) is 0 Å². The van der Waals surface area contributed by atoms with Crippen molar-refractivity contribution in [3.05, 3.63) is 0 Å². The first-order valence-corrected chi connectivity index (χ1v) is 8.92. The summed E-state index contributed by atoms with van der Waals surface area (Å²) in [4.78, 5) is 13.6. The van der Waals surface area contributed by atoms with E-state index in [4.69, 9.17) is 5.73 Å². The van der Waals surface area contributed by atoms with E-state index in [9.17, 15) is 4.79 Å². The van der Waals surface area contributed by atoms with E-state index in [2.05, 4.69) is 15.5 Å². The fourth-order valence-electron chi connectivity index (χ4n) is 1.97. The molecular formula is C13H23N5OS2. The van der Waals surface area contributed by atoms with Crippen LogP contribution in [0.15, 0.2) is 4.34 Å². The molecule has 0 aromatic carbocycles. The number of rotatable bonds is 9. The third-order valence-corrected chi connectivity index (χ3v) is 5.78. The molecule has 1 fully saturated rings. The predicted molar refractivity (Wildman–Crippen MR) is 88.0 cm³/mol. The Morgan fingerprint density at radius 3 is 2.76 bits per heavy atom. The summed E-state index contributed by atoms with van der Waals surface area (Å²) in [5.41, 5.74) is 4.96. The van der Waals surface area contributed by atoms with Crippen molar-refractivity contribution in [3.8, 4) is 0 Å². The molecule has 1 aliphatic rings. The van der Waals surface area contributed by atoms with Gasteiger partial charge >= 0.3 is 0 Å². The molecule has 1 aromatic rings. The number of nitrogens with zero attached hydrogens (tertiary/aromatic N) is 3. The number of thioether (sulfide) groups is 1. The Morgan fingerprint density at radius 1 is 1.52 bits per heavy atom. The molecule has 0 spiro atoms. The number of hydrogen-bond donors (Lipinski definition) is 2. The highest BCUT2D eigenvalue weighted by atomic mass is 32.2. The second-order valence-electron chi connectivity index (χ2n) is 5.81. The van der Waals surface area contributed by atoms with Crippen molar-refractivity contribution >= 4 is 34.1 Å². The lowest BCUT2D eigenvalue weighted by atomic mass is 9.95. The maximum Gasteiger partial charge on any atom is 0.237 e. The number of aromatic nitrogens is 2. The molecule has 1 aromatic heterocycles. The van der Waals surface area contributed by atoms with Crippen molar-refractivity contribution in [2.75, 3.05) is 24.7 Å². The first kappa shape index (κ1) is 16.5. The maximum atomic E-state index is 11.7. The molecule has 3 N–H and O–H groups in total. The van der Waals surface area contributed by atoms with Crippen molar-refractivity contribution < 1.29 is 4.79 Å². The summed E-state index contributed by atoms with van der Waals surface area (Å²) >= 11 is 3.27. The van der Waals surface area contributed by atoms with Crippen LogP contribution in [0.2, 0.25) is 0 Å². The van der Waals surface area contributed by atoms with E-state index < -0.39 is 5.54 Å². The van der Waals surface area contributed by atoms with Crippen molar-refractivity contribution in [1.82, 2.24) is 15.5 Å². The van der Waals surface area contributed by atoms with Gasteiger partial charge in [0.05, 0.1) is 5.54 Å². The molecule has 1 amide bonds. The zero-order valence-electron chi connectivity index (χ0n) is 12.8. The van der Waals surface area contributed by atoms with E-state index in [0.717, 1.165) is 40.9 Å². The van der Waals surface area contributed by atoms with Gasteiger partial charge in [0.25, 0.3) is 0 Å². The van der Waals surface area contributed by atoms with Gasteiger partial charge in [0.2, 0.25) is 11.0 Å². The van der Waals surface area contributed by atoms with Gasteiger partial charge in [0.1, 0.15) is 0 Å². The van der Waals surface area contributed by atoms with Crippen LogP contribution in [0.3, 0.4) is 0 Å². The summed E-state index contributed by atoms with van der Waals surface area (Å²) in [5, 5.41) is 12.5. The lowest BCUT2D eigenvalue weighted by Gasteiger charge is -2.27. The van der Waals surface area contributed by atoms with Gasteiger partial charge in [0, 0.05) is 25.9 Å². The summed E-state index contributed by atoms with van der Waals surface area (Å²) < 4.78 is 0.967. The molecule has 6 nitrogen and oxygen atoms in total. The smallest absolute Gasteiger partial charge is 0.237 e. The Hall–Kier alpha value is -0.860. The van der Waals surface area contributed by atoms with Crippen LogP contribution in [0.4, 0.5) is 5.13 Å². The summed E-state index contributed by atoms with van der Waals surface area (Å²) in [7, 11) is 3.91. The SMILES string of the molecule is CN(C)c1nnc(SCCCC(C)(NC2CC2)C(N)=O)s1. The third kappa shape index (κ3) is 4.82. The van der Waals surface area contributed by atoms with Gasteiger partial charge in [-0.25, -0.2) is 0 Å². The van der Waals surface area contributed by atoms with Crippen LogP contribution in [0, 0.1) is 0 Å². The number of nitrogens with one attached hydrogen (secondary N) is 1. The lowest BCUT2D eigenvalue weighted by Crippen LogP contribution is -2.54. The highest BCUT2D eigenvalue weighted by Crippen LogP contribution is 2.29. The topological polar surface area (TPSA) is 84.1 Å². The average molecular weight is 329 g/mol. The fourth-order valence-corrected chi connectivity index (χ4v) is 3.74. The number of hydrogen-bond acceptors (Lipinski definition) is 7. The van der Waals surface area contributed by atoms with E-state index in [0.29, 0.717) is 6.04 Å². The summed E-state index contributed by atoms with van der Waals surface area (Å²) in [5.74, 6) is 0.655. The molecule has 118 valence electrons. The van der Waals surface area contributed by atoms with Crippen molar-refractivity contribution in [2.24, 2.45) is 5.73 Å². The first-order chi connectivity index (χ1) is 9.90. The standard InChI is InChI=1S/C13H23N5OS2/c1-13(10(14)19,15-9-5-6-9)7-4-8-20-12-17-16-11(21-12)18(2)3/h9,15H,4-8H2,1-3H3,(H2,14,19). The highest BCUT2D eigenvalue weighted by molar-refractivity contribution is 8.01. The zero-order valence-corrected chi connectivity index (χ0v) is 14.4. The molecule has 1 saturated carbocycles. The maximum absolute atomic E-state index is 11.7. The molecule has 21 heavy (non-hydrogen) atoms. The highest BCUT2D eigenvalue weighted by Gasteiger charge is 2.36. The normalized spacial score (nSPS) is 17.5. The number of amides is 1. The average Bonchev–Trinajstić information content (AvgIpc) is 3.08. The molecular weight excluding hydrogens is 306 g/mol. The summed E-state index contributed by atoms with van der Waals surface area (Å²) in [6, 6.07) is 0.473. The van der Waals surface area contributed by atoms with Crippen LogP contribution in [-0.4, -0.2) is 47.5 Å². The van der Waals surface area contributed by atoms with Crippen LogP contribution in [0.5, 0.6) is 0 Å². The largest absolute Gasteiger partial charge is 0.368 e. The van der Waals surface area contributed by atoms with Gasteiger partial charge < -0.3 is 16.0 Å². The summed E-state index contributed by atoms with van der Waals surface area (Å²) in [6.07, 6.45) is 3.97. The van der Waals surface area contributed by atoms with Gasteiger partial charge in [-0.1, -0.05) is 23.1 Å². The molecule has 1 heterocycles. The van der Waals surface area contributed by atoms with Crippen LogP contribution < -0.4 is 16.0 Å². The Bertz CT molecular complexity index is 489. The molecule has 1 unspecified atom stereocenters. The minimum atomic E-state index is -0.586. The van der Waals surface area contributed by atoms with E-state index in [1.165, 1.54) is 0 Å². The quantitative estimate of drug-likeness (QED) is 0.527. The Labute approximate surface area is 133 Å². The second-order valence-corrected chi connectivity index (χ2v) is 8.11. The van der Waals surface area contributed by atoms with Crippen molar-refractivity contribution in [1.29, 1.82) is 0 Å². The predicted octanol–water partition coefficient (Wildman–Crippen LogP) is 1.47. The monoisotopic (exact) mass is 329 g/mol. The van der Waals surface area contributed by atoms with Gasteiger partial charge in [-0.05, 0) is 32.6 Å². The van der Waals surface area contributed by atoms with Crippen molar-refractivity contribution in [3.63, 3.8) is 0 Å². The molecule has 0 saturated heterocycles. The Kier molecular flexibility index (Phi) is 5.45. The van der Waals surface area contributed by atoms with E-state index in [1.807, 2.05) is 25.9 Å². The van der Waals surface area contributed by atoms with Gasteiger partial charge in [-0.3, -0.25) is 4.79 Å². The van der Waals surface area contributed by atoms with Gasteiger partial charge in [-0.15, -0.1) is 10.2 Å². The van der Waals surface area contributed by atoms with Crippen molar-refractivity contribution in [2.45, 2.75) is 48.5 Å². The molecule has 1 aliphatic carbocycles. The van der Waals surface area contributed by atoms with Crippen LogP contribution in [0.1, 0.15) is 32.6 Å². The van der Waals surface area contributed by atoms with E-state index >= 15 is 0 Å². The zero-order chi connectivity index (χ0) is 15.5. The number of nitrogens with two attached hydrogens (primary N) is 1. The van der Waals surface area contributed by atoms with Crippen LogP contribution >= 0.6 is 23.1 Å². The molecule has 1 atom stereocenters.